The van der Waals surface area contributed by atoms with Crippen LogP contribution in [-0.4, -0.2) is 28.4 Å². The molecule has 0 aliphatic carbocycles. The van der Waals surface area contributed by atoms with Gasteiger partial charge in [0.05, 0.1) is 5.69 Å². The summed E-state index contributed by atoms with van der Waals surface area (Å²) < 4.78 is 5.47. The van der Waals surface area contributed by atoms with Crippen LogP contribution in [-0.2, 0) is 5.41 Å². The molecule has 0 aliphatic rings. The molecule has 2 rings (SSSR count). The minimum Gasteiger partial charge on any atom is -0.485 e. The molecule has 0 spiro atoms. The molecule has 6 heteroatoms. The number of ether oxygens (including phenoxy) is 1. The molecule has 0 amide bonds. The van der Waals surface area contributed by atoms with Gasteiger partial charge in [0.15, 0.2) is 11.6 Å². The van der Waals surface area contributed by atoms with Gasteiger partial charge in [-0.2, -0.15) is 0 Å². The number of nitrogens with zero attached hydrogens (tertiary/aromatic N) is 1. The van der Waals surface area contributed by atoms with Crippen molar-refractivity contribution in [3.8, 4) is 5.75 Å². The van der Waals surface area contributed by atoms with Crippen molar-refractivity contribution in [2.45, 2.75) is 33.1 Å². The summed E-state index contributed by atoms with van der Waals surface area (Å²) in [4.78, 5) is 27.1. The molecule has 0 saturated carbocycles. The summed E-state index contributed by atoms with van der Waals surface area (Å²) in [6.07, 6.45) is 0. The summed E-state index contributed by atoms with van der Waals surface area (Å²) >= 11 is 0.876. The van der Waals surface area contributed by atoms with E-state index < -0.39 is 5.97 Å². The van der Waals surface area contributed by atoms with Gasteiger partial charge in [0, 0.05) is 0 Å². The monoisotopic (exact) mass is 333 g/mol. The minimum absolute atomic E-state index is 0.0556. The molecule has 2 aromatic rings. The van der Waals surface area contributed by atoms with E-state index in [4.69, 9.17) is 9.84 Å². The first kappa shape index (κ1) is 17.1. The predicted molar refractivity (Wildman–Crippen MR) is 88.8 cm³/mol. The lowest BCUT2D eigenvalue weighted by molar-refractivity contribution is 0.0701. The molecule has 1 N–H and O–H groups in total. The number of carbonyl (C=O) groups is 2. The molecular formula is C17H19NO4S. The van der Waals surface area contributed by atoms with E-state index in [-0.39, 0.29) is 27.7 Å². The molecule has 122 valence electrons. The van der Waals surface area contributed by atoms with Crippen molar-refractivity contribution in [3.05, 3.63) is 45.4 Å². The van der Waals surface area contributed by atoms with Crippen molar-refractivity contribution in [1.82, 2.24) is 4.98 Å². The Morgan fingerprint density at radius 1 is 1.22 bits per heavy atom. The van der Waals surface area contributed by atoms with Gasteiger partial charge in [-0.15, -0.1) is 11.3 Å². The lowest BCUT2D eigenvalue weighted by Crippen LogP contribution is -2.12. The first-order valence-corrected chi connectivity index (χ1v) is 7.97. The number of benzene rings is 1. The van der Waals surface area contributed by atoms with Crippen LogP contribution in [0.5, 0.6) is 5.75 Å². The van der Waals surface area contributed by atoms with Crippen molar-refractivity contribution >= 4 is 23.1 Å². The molecule has 0 unspecified atom stereocenters. The number of rotatable bonds is 5. The number of hydrogen-bond donors (Lipinski definition) is 1. The van der Waals surface area contributed by atoms with Crippen LogP contribution in [0.1, 0.15) is 51.5 Å². The Balaban J connectivity index is 2.02. The fraction of sp³-hybridized carbons (Fsp3) is 0.353. The highest BCUT2D eigenvalue weighted by molar-refractivity contribution is 7.15. The zero-order valence-electron chi connectivity index (χ0n) is 13.5. The molecule has 0 bridgehead atoms. The van der Waals surface area contributed by atoms with Gasteiger partial charge in [-0.05, 0) is 30.0 Å². The normalized spacial score (nSPS) is 11.3. The van der Waals surface area contributed by atoms with Crippen LogP contribution in [0.25, 0.3) is 0 Å². The summed E-state index contributed by atoms with van der Waals surface area (Å²) in [6.45, 7) is 7.77. The van der Waals surface area contributed by atoms with Gasteiger partial charge in [-0.1, -0.05) is 32.9 Å². The van der Waals surface area contributed by atoms with E-state index in [2.05, 4.69) is 25.8 Å². The van der Waals surface area contributed by atoms with Crippen LogP contribution < -0.4 is 4.74 Å². The van der Waals surface area contributed by atoms with Crippen LogP contribution in [0.4, 0.5) is 0 Å². The average Bonchev–Trinajstić information content (AvgIpc) is 2.86. The Labute approximate surface area is 138 Å². The maximum atomic E-state index is 12.1. The Bertz CT molecular complexity index is 726. The lowest BCUT2D eigenvalue weighted by atomic mass is 9.87. The van der Waals surface area contributed by atoms with Crippen molar-refractivity contribution in [2.24, 2.45) is 0 Å². The van der Waals surface area contributed by atoms with E-state index >= 15 is 0 Å². The van der Waals surface area contributed by atoms with Gasteiger partial charge in [0.1, 0.15) is 10.6 Å². The number of ketones is 1. The molecule has 1 aromatic carbocycles. The third-order valence-corrected chi connectivity index (χ3v) is 4.51. The fourth-order valence-corrected chi connectivity index (χ4v) is 2.81. The number of hydrogen-bond acceptors (Lipinski definition) is 5. The van der Waals surface area contributed by atoms with Gasteiger partial charge < -0.3 is 9.84 Å². The molecule has 5 nitrogen and oxygen atoms in total. The standard InChI is InChI=1S/C17H19NO4S/c1-10-14(16(20)21)23-15(18-10)13(19)9-22-12-7-5-11(6-8-12)17(2,3)4/h5-8H,9H2,1-4H3,(H,20,21). The van der Waals surface area contributed by atoms with Crippen molar-refractivity contribution < 1.29 is 19.4 Å². The number of carboxylic acids is 1. The van der Waals surface area contributed by atoms with E-state index in [1.54, 1.807) is 6.92 Å². The average molecular weight is 333 g/mol. The number of aromatic nitrogens is 1. The quantitative estimate of drug-likeness (QED) is 0.844. The summed E-state index contributed by atoms with van der Waals surface area (Å²) in [6, 6.07) is 7.58. The minimum atomic E-state index is -1.07. The highest BCUT2D eigenvalue weighted by Crippen LogP contribution is 2.24. The number of Topliss-reactive ketones (excluding diaryl/α,β-unsaturated/α-hetero) is 1. The second kappa shape index (κ2) is 6.50. The van der Waals surface area contributed by atoms with Gasteiger partial charge in [0.2, 0.25) is 5.78 Å². The summed E-state index contributed by atoms with van der Waals surface area (Å²) in [7, 11) is 0. The number of aryl methyl sites for hydroxylation is 1. The van der Waals surface area contributed by atoms with E-state index in [0.29, 0.717) is 11.4 Å². The maximum absolute atomic E-state index is 12.1. The number of aromatic carboxylic acids is 1. The van der Waals surface area contributed by atoms with Gasteiger partial charge in [-0.25, -0.2) is 9.78 Å². The molecule has 23 heavy (non-hydrogen) atoms. The SMILES string of the molecule is Cc1nc(C(=O)COc2ccc(C(C)(C)C)cc2)sc1C(=O)O. The molecule has 0 radical (unpaired) electrons. The molecule has 0 saturated heterocycles. The summed E-state index contributed by atoms with van der Waals surface area (Å²) in [5.41, 5.74) is 1.58. The van der Waals surface area contributed by atoms with Crippen LogP contribution in [0.15, 0.2) is 24.3 Å². The zero-order chi connectivity index (χ0) is 17.2. The zero-order valence-corrected chi connectivity index (χ0v) is 14.4. The Kier molecular flexibility index (Phi) is 4.85. The molecule has 0 fully saturated rings. The Morgan fingerprint density at radius 3 is 2.30 bits per heavy atom. The second-order valence-electron chi connectivity index (χ2n) is 6.22. The first-order valence-electron chi connectivity index (χ1n) is 7.16. The van der Waals surface area contributed by atoms with Crippen molar-refractivity contribution in [1.29, 1.82) is 0 Å². The number of carbonyl (C=O) groups excluding carboxylic acids is 1. The largest absolute Gasteiger partial charge is 0.485 e. The van der Waals surface area contributed by atoms with E-state index in [0.717, 1.165) is 11.3 Å². The Hall–Kier alpha value is -2.21. The summed E-state index contributed by atoms with van der Waals surface area (Å²) in [5, 5.41) is 9.15. The van der Waals surface area contributed by atoms with Gasteiger partial charge >= 0.3 is 5.97 Å². The number of carboxylic acid groups (broad SMARTS) is 1. The second-order valence-corrected chi connectivity index (χ2v) is 7.22. The predicted octanol–water partition coefficient (Wildman–Crippen LogP) is 3.71. The van der Waals surface area contributed by atoms with Crippen molar-refractivity contribution in [3.63, 3.8) is 0 Å². The molecule has 1 aromatic heterocycles. The highest BCUT2D eigenvalue weighted by atomic mass is 32.1. The van der Waals surface area contributed by atoms with E-state index in [1.165, 1.54) is 5.56 Å². The van der Waals surface area contributed by atoms with Gasteiger partial charge in [0.25, 0.3) is 0 Å². The van der Waals surface area contributed by atoms with E-state index in [1.807, 2.05) is 24.3 Å². The topological polar surface area (TPSA) is 76.5 Å². The number of thiazole rings is 1. The van der Waals surface area contributed by atoms with E-state index in [9.17, 15) is 9.59 Å². The highest BCUT2D eigenvalue weighted by Gasteiger charge is 2.19. The van der Waals surface area contributed by atoms with Crippen molar-refractivity contribution in [2.75, 3.05) is 6.61 Å². The lowest BCUT2D eigenvalue weighted by Gasteiger charge is -2.19. The van der Waals surface area contributed by atoms with Crippen LogP contribution in [0.2, 0.25) is 0 Å². The maximum Gasteiger partial charge on any atom is 0.347 e. The third kappa shape index (κ3) is 4.16. The van der Waals surface area contributed by atoms with Gasteiger partial charge in [-0.3, -0.25) is 4.79 Å². The molecular weight excluding hydrogens is 314 g/mol. The fourth-order valence-electron chi connectivity index (χ4n) is 1.98. The first-order chi connectivity index (χ1) is 10.7. The third-order valence-electron chi connectivity index (χ3n) is 3.32. The Morgan fingerprint density at radius 2 is 1.83 bits per heavy atom. The van der Waals surface area contributed by atoms with Crippen LogP contribution in [0, 0.1) is 6.92 Å². The smallest absolute Gasteiger partial charge is 0.347 e. The summed E-state index contributed by atoms with van der Waals surface area (Å²) in [5.74, 6) is -0.804. The molecule has 1 heterocycles. The molecule has 0 aliphatic heterocycles. The van der Waals surface area contributed by atoms with Crippen LogP contribution >= 0.6 is 11.3 Å². The molecule has 0 atom stereocenters. The van der Waals surface area contributed by atoms with Crippen LogP contribution in [0.3, 0.4) is 0 Å².